The molecule has 5 heteroatoms. The standard InChI is InChI=1S/C15H27NO3Si/c1-14(2,3)19-13(17)16-12(9-10-20(6,7)8)11-18-15(16,4)5/h12H,11H2,1-8H3/t12-/m1/s1. The molecular weight excluding hydrogens is 270 g/mol. The Morgan fingerprint density at radius 2 is 1.90 bits per heavy atom. The lowest BCUT2D eigenvalue weighted by Gasteiger charge is -2.33. The number of ether oxygens (including phenoxy) is 2. The number of hydrogen-bond acceptors (Lipinski definition) is 3. The van der Waals surface area contributed by atoms with Crippen molar-refractivity contribution in [2.45, 2.75) is 71.6 Å². The summed E-state index contributed by atoms with van der Waals surface area (Å²) in [7, 11) is -1.48. The van der Waals surface area contributed by atoms with Gasteiger partial charge in [0.25, 0.3) is 0 Å². The van der Waals surface area contributed by atoms with Gasteiger partial charge in [0.1, 0.15) is 25.4 Å². The van der Waals surface area contributed by atoms with Crippen LogP contribution in [-0.2, 0) is 9.47 Å². The minimum atomic E-state index is -1.48. The topological polar surface area (TPSA) is 38.8 Å². The molecule has 0 saturated carbocycles. The number of nitrogens with zero attached hydrogens (tertiary/aromatic N) is 1. The Hall–Kier alpha value is -0.993. The van der Waals surface area contributed by atoms with E-state index in [-0.39, 0.29) is 12.1 Å². The van der Waals surface area contributed by atoms with E-state index in [0.29, 0.717) is 6.61 Å². The molecule has 0 aromatic rings. The van der Waals surface area contributed by atoms with E-state index in [1.54, 1.807) is 4.90 Å². The number of rotatable bonds is 0. The second-order valence-electron chi connectivity index (χ2n) is 7.64. The highest BCUT2D eigenvalue weighted by molar-refractivity contribution is 6.83. The van der Waals surface area contributed by atoms with Crippen molar-refractivity contribution in [1.29, 1.82) is 0 Å². The second kappa shape index (κ2) is 5.42. The van der Waals surface area contributed by atoms with E-state index in [0.717, 1.165) is 0 Å². The molecule has 1 saturated heterocycles. The van der Waals surface area contributed by atoms with Gasteiger partial charge in [-0.3, -0.25) is 4.90 Å². The summed E-state index contributed by atoms with van der Waals surface area (Å²) in [5, 5.41) is 0. The van der Waals surface area contributed by atoms with Crippen LogP contribution in [0.4, 0.5) is 4.79 Å². The Kier molecular flexibility index (Phi) is 4.62. The molecule has 1 aliphatic rings. The molecule has 0 aromatic carbocycles. The molecule has 0 unspecified atom stereocenters. The van der Waals surface area contributed by atoms with Crippen LogP contribution in [0.1, 0.15) is 34.6 Å². The predicted octanol–water partition coefficient (Wildman–Crippen LogP) is 3.24. The third kappa shape index (κ3) is 4.84. The van der Waals surface area contributed by atoms with E-state index in [2.05, 4.69) is 31.1 Å². The van der Waals surface area contributed by atoms with Crippen LogP contribution >= 0.6 is 0 Å². The molecule has 0 spiro atoms. The Morgan fingerprint density at radius 3 is 2.35 bits per heavy atom. The summed E-state index contributed by atoms with van der Waals surface area (Å²) < 4.78 is 11.2. The molecule has 1 atom stereocenters. The predicted molar refractivity (Wildman–Crippen MR) is 83.0 cm³/mol. The normalized spacial score (nSPS) is 22.2. The summed E-state index contributed by atoms with van der Waals surface area (Å²) in [5.41, 5.74) is 2.11. The van der Waals surface area contributed by atoms with Crippen LogP contribution in [0.2, 0.25) is 19.6 Å². The Balaban J connectivity index is 2.96. The van der Waals surface area contributed by atoms with Crippen molar-refractivity contribution in [1.82, 2.24) is 4.90 Å². The number of carbonyl (C=O) groups is 1. The Bertz CT molecular complexity index is 435. The number of carbonyl (C=O) groups excluding carboxylic acids is 1. The van der Waals surface area contributed by atoms with Crippen LogP contribution in [0.5, 0.6) is 0 Å². The quantitative estimate of drug-likeness (QED) is 0.509. The molecule has 0 bridgehead atoms. The van der Waals surface area contributed by atoms with Crippen LogP contribution in [0.25, 0.3) is 0 Å². The Morgan fingerprint density at radius 1 is 1.35 bits per heavy atom. The molecule has 0 aliphatic carbocycles. The van der Waals surface area contributed by atoms with Crippen molar-refractivity contribution < 1.29 is 14.3 Å². The lowest BCUT2D eigenvalue weighted by Crippen LogP contribution is -2.49. The van der Waals surface area contributed by atoms with Crippen LogP contribution in [0, 0.1) is 11.5 Å². The first-order valence-electron chi connectivity index (χ1n) is 7.01. The molecule has 4 nitrogen and oxygen atoms in total. The van der Waals surface area contributed by atoms with E-state index in [1.807, 2.05) is 34.6 Å². The summed E-state index contributed by atoms with van der Waals surface area (Å²) >= 11 is 0. The summed E-state index contributed by atoms with van der Waals surface area (Å²) in [6, 6.07) is -0.230. The van der Waals surface area contributed by atoms with Crippen molar-refractivity contribution in [3.05, 3.63) is 0 Å². The lowest BCUT2D eigenvalue weighted by atomic mass is 10.2. The first kappa shape index (κ1) is 17.1. The van der Waals surface area contributed by atoms with Gasteiger partial charge < -0.3 is 9.47 Å². The molecule has 1 fully saturated rings. The second-order valence-corrected chi connectivity index (χ2v) is 12.4. The highest BCUT2D eigenvalue weighted by atomic mass is 28.3. The van der Waals surface area contributed by atoms with Gasteiger partial charge in [0.05, 0.1) is 6.61 Å². The van der Waals surface area contributed by atoms with Gasteiger partial charge >= 0.3 is 6.09 Å². The van der Waals surface area contributed by atoms with Crippen molar-refractivity contribution in [3.8, 4) is 11.5 Å². The van der Waals surface area contributed by atoms with Crippen molar-refractivity contribution in [3.63, 3.8) is 0 Å². The number of hydrogen-bond donors (Lipinski definition) is 0. The fourth-order valence-electron chi connectivity index (χ4n) is 1.87. The lowest BCUT2D eigenvalue weighted by molar-refractivity contribution is -0.0608. The molecule has 0 aromatic heterocycles. The largest absolute Gasteiger partial charge is 0.444 e. The van der Waals surface area contributed by atoms with Crippen molar-refractivity contribution in [2.75, 3.05) is 6.61 Å². The zero-order valence-electron chi connectivity index (χ0n) is 14.0. The summed E-state index contributed by atoms with van der Waals surface area (Å²) in [4.78, 5) is 14.0. The van der Waals surface area contributed by atoms with E-state index in [9.17, 15) is 4.79 Å². The fraction of sp³-hybridized carbons (Fsp3) is 0.800. The molecule has 20 heavy (non-hydrogen) atoms. The molecule has 1 rings (SSSR count). The summed E-state index contributed by atoms with van der Waals surface area (Å²) in [5.74, 6) is 3.21. The molecule has 1 heterocycles. The first-order chi connectivity index (χ1) is 8.82. The van der Waals surface area contributed by atoms with E-state index < -0.39 is 19.4 Å². The van der Waals surface area contributed by atoms with E-state index in [4.69, 9.17) is 9.47 Å². The monoisotopic (exact) mass is 297 g/mol. The van der Waals surface area contributed by atoms with Gasteiger partial charge in [-0.1, -0.05) is 25.6 Å². The molecule has 1 amide bonds. The van der Waals surface area contributed by atoms with Crippen LogP contribution in [0.15, 0.2) is 0 Å². The average Bonchev–Trinajstić information content (AvgIpc) is 2.46. The summed E-state index contributed by atoms with van der Waals surface area (Å²) in [6.07, 6.45) is -0.366. The summed E-state index contributed by atoms with van der Waals surface area (Å²) in [6.45, 7) is 16.3. The van der Waals surface area contributed by atoms with Crippen LogP contribution in [-0.4, -0.2) is 43.0 Å². The maximum Gasteiger partial charge on any atom is 0.413 e. The zero-order valence-corrected chi connectivity index (χ0v) is 15.0. The molecule has 114 valence electrons. The fourth-order valence-corrected chi connectivity index (χ4v) is 2.47. The molecule has 0 radical (unpaired) electrons. The first-order valence-corrected chi connectivity index (χ1v) is 10.5. The average molecular weight is 297 g/mol. The van der Waals surface area contributed by atoms with Crippen LogP contribution in [0.3, 0.4) is 0 Å². The minimum Gasteiger partial charge on any atom is -0.444 e. The van der Waals surface area contributed by atoms with Gasteiger partial charge in [0.15, 0.2) is 0 Å². The third-order valence-corrected chi connectivity index (χ3v) is 3.58. The van der Waals surface area contributed by atoms with Gasteiger partial charge in [-0.05, 0) is 34.6 Å². The molecule has 0 N–H and O–H groups in total. The van der Waals surface area contributed by atoms with Gasteiger partial charge in [-0.15, -0.1) is 5.54 Å². The van der Waals surface area contributed by atoms with E-state index >= 15 is 0 Å². The van der Waals surface area contributed by atoms with E-state index in [1.165, 1.54) is 0 Å². The van der Waals surface area contributed by atoms with Crippen molar-refractivity contribution >= 4 is 14.2 Å². The van der Waals surface area contributed by atoms with Gasteiger partial charge in [-0.2, -0.15) is 0 Å². The van der Waals surface area contributed by atoms with Gasteiger partial charge in [0.2, 0.25) is 0 Å². The van der Waals surface area contributed by atoms with Crippen LogP contribution < -0.4 is 0 Å². The third-order valence-electron chi connectivity index (χ3n) is 2.69. The smallest absolute Gasteiger partial charge is 0.413 e. The SMILES string of the molecule is CC(C)(C)OC(=O)N1[C@H](C#C[Si](C)(C)C)COC1(C)C. The maximum atomic E-state index is 12.4. The molecule has 1 aliphatic heterocycles. The highest BCUT2D eigenvalue weighted by Gasteiger charge is 2.45. The molecular formula is C15H27NO3Si. The Labute approximate surface area is 123 Å². The highest BCUT2D eigenvalue weighted by Crippen LogP contribution is 2.29. The van der Waals surface area contributed by atoms with Crippen molar-refractivity contribution in [2.24, 2.45) is 0 Å². The van der Waals surface area contributed by atoms with Gasteiger partial charge in [-0.25, -0.2) is 4.79 Å². The zero-order chi connectivity index (χ0) is 15.8. The number of amides is 1. The minimum absolute atomic E-state index is 0.230. The maximum absolute atomic E-state index is 12.4. The van der Waals surface area contributed by atoms with Gasteiger partial charge in [0, 0.05) is 0 Å².